The molecular formula is C12H15N3O2. The maximum atomic E-state index is 10.8. The van der Waals surface area contributed by atoms with Crippen molar-refractivity contribution in [2.75, 3.05) is 13.7 Å². The van der Waals surface area contributed by atoms with Gasteiger partial charge in [0.2, 0.25) is 0 Å². The zero-order valence-corrected chi connectivity index (χ0v) is 9.72. The number of hydrogen-bond donors (Lipinski definition) is 1. The SMILES string of the molecule is COC(=O)NCCCn1ncc2ccccc21. The molecule has 90 valence electrons. The Kier molecular flexibility index (Phi) is 3.59. The Hall–Kier alpha value is -2.04. The van der Waals surface area contributed by atoms with Crippen molar-refractivity contribution in [2.24, 2.45) is 0 Å². The zero-order valence-electron chi connectivity index (χ0n) is 9.72. The highest BCUT2D eigenvalue weighted by Crippen LogP contribution is 2.12. The van der Waals surface area contributed by atoms with Crippen LogP contribution in [0.2, 0.25) is 0 Å². The lowest BCUT2D eigenvalue weighted by atomic mass is 10.2. The first-order valence-electron chi connectivity index (χ1n) is 5.53. The van der Waals surface area contributed by atoms with Crippen LogP contribution in [0, 0.1) is 0 Å². The van der Waals surface area contributed by atoms with Gasteiger partial charge in [-0.1, -0.05) is 18.2 Å². The quantitative estimate of drug-likeness (QED) is 0.819. The first-order chi connectivity index (χ1) is 8.31. The van der Waals surface area contributed by atoms with Gasteiger partial charge in [0.05, 0.1) is 18.8 Å². The maximum Gasteiger partial charge on any atom is 0.406 e. The Balaban J connectivity index is 1.89. The minimum Gasteiger partial charge on any atom is -0.453 e. The minimum atomic E-state index is -0.393. The molecule has 0 radical (unpaired) electrons. The van der Waals surface area contributed by atoms with Gasteiger partial charge in [-0.25, -0.2) is 4.79 Å². The Morgan fingerprint density at radius 3 is 3.12 bits per heavy atom. The number of fused-ring (bicyclic) bond motifs is 1. The molecule has 0 bridgehead atoms. The first-order valence-corrected chi connectivity index (χ1v) is 5.53. The molecule has 2 rings (SSSR count). The predicted octanol–water partition coefficient (Wildman–Crippen LogP) is 1.78. The summed E-state index contributed by atoms with van der Waals surface area (Å²) in [5.41, 5.74) is 1.12. The second kappa shape index (κ2) is 5.34. The fourth-order valence-electron chi connectivity index (χ4n) is 1.70. The van der Waals surface area contributed by atoms with E-state index < -0.39 is 6.09 Å². The third-order valence-corrected chi connectivity index (χ3v) is 2.55. The Morgan fingerprint density at radius 1 is 1.47 bits per heavy atom. The number of benzene rings is 1. The van der Waals surface area contributed by atoms with Gasteiger partial charge in [0, 0.05) is 18.5 Å². The standard InChI is InChI=1S/C12H15N3O2/c1-17-12(16)13-7-4-8-15-11-6-3-2-5-10(11)9-14-15/h2-3,5-6,9H,4,7-8H2,1H3,(H,13,16). The number of rotatable bonds is 4. The number of ether oxygens (including phenoxy) is 1. The van der Waals surface area contributed by atoms with Crippen LogP contribution in [0.3, 0.4) is 0 Å². The van der Waals surface area contributed by atoms with E-state index in [1.807, 2.05) is 35.1 Å². The number of alkyl carbamates (subject to hydrolysis) is 1. The number of carbonyl (C=O) groups is 1. The van der Waals surface area contributed by atoms with Gasteiger partial charge in [0.1, 0.15) is 0 Å². The summed E-state index contributed by atoms with van der Waals surface area (Å²) in [6, 6.07) is 8.06. The molecule has 0 aliphatic carbocycles. The van der Waals surface area contributed by atoms with Gasteiger partial charge in [-0.3, -0.25) is 4.68 Å². The number of aromatic nitrogens is 2. The van der Waals surface area contributed by atoms with E-state index >= 15 is 0 Å². The molecule has 1 aromatic carbocycles. The molecule has 5 nitrogen and oxygen atoms in total. The highest BCUT2D eigenvalue weighted by molar-refractivity contribution is 5.78. The molecule has 1 amide bonds. The van der Waals surface area contributed by atoms with E-state index in [2.05, 4.69) is 15.2 Å². The number of para-hydroxylation sites is 1. The van der Waals surface area contributed by atoms with Crippen LogP contribution in [0.4, 0.5) is 4.79 Å². The van der Waals surface area contributed by atoms with Gasteiger partial charge in [0.15, 0.2) is 0 Å². The lowest BCUT2D eigenvalue weighted by Gasteiger charge is -2.05. The van der Waals surface area contributed by atoms with E-state index in [1.165, 1.54) is 7.11 Å². The van der Waals surface area contributed by atoms with Crippen LogP contribution in [0.15, 0.2) is 30.5 Å². The number of methoxy groups -OCH3 is 1. The van der Waals surface area contributed by atoms with Crippen molar-refractivity contribution in [1.82, 2.24) is 15.1 Å². The topological polar surface area (TPSA) is 56.1 Å². The van der Waals surface area contributed by atoms with E-state index in [0.717, 1.165) is 23.9 Å². The highest BCUT2D eigenvalue weighted by Gasteiger charge is 2.01. The van der Waals surface area contributed by atoms with Crippen molar-refractivity contribution in [1.29, 1.82) is 0 Å². The summed E-state index contributed by atoms with van der Waals surface area (Å²) < 4.78 is 6.42. The smallest absolute Gasteiger partial charge is 0.406 e. The molecule has 0 unspecified atom stereocenters. The van der Waals surface area contributed by atoms with Crippen LogP contribution >= 0.6 is 0 Å². The summed E-state index contributed by atoms with van der Waals surface area (Å²) in [7, 11) is 1.36. The summed E-state index contributed by atoms with van der Waals surface area (Å²) in [6.45, 7) is 1.36. The number of nitrogens with zero attached hydrogens (tertiary/aromatic N) is 2. The summed E-state index contributed by atoms with van der Waals surface area (Å²) in [4.78, 5) is 10.8. The molecule has 1 N–H and O–H groups in total. The van der Waals surface area contributed by atoms with E-state index in [9.17, 15) is 4.79 Å². The van der Waals surface area contributed by atoms with Gasteiger partial charge in [-0.2, -0.15) is 5.10 Å². The second-order valence-corrected chi connectivity index (χ2v) is 3.70. The number of amides is 1. The van der Waals surface area contributed by atoms with Crippen molar-refractivity contribution in [3.8, 4) is 0 Å². The van der Waals surface area contributed by atoms with Crippen LogP contribution in [-0.4, -0.2) is 29.5 Å². The minimum absolute atomic E-state index is 0.393. The van der Waals surface area contributed by atoms with Gasteiger partial charge < -0.3 is 10.1 Å². The number of carbonyl (C=O) groups excluding carboxylic acids is 1. The molecule has 0 saturated carbocycles. The molecule has 1 heterocycles. The number of hydrogen-bond acceptors (Lipinski definition) is 3. The maximum absolute atomic E-state index is 10.8. The van der Waals surface area contributed by atoms with Gasteiger partial charge in [-0.15, -0.1) is 0 Å². The van der Waals surface area contributed by atoms with E-state index in [4.69, 9.17) is 0 Å². The third kappa shape index (κ3) is 2.75. The number of nitrogens with one attached hydrogen (secondary N) is 1. The normalized spacial score (nSPS) is 10.4. The van der Waals surface area contributed by atoms with Crippen molar-refractivity contribution in [2.45, 2.75) is 13.0 Å². The van der Waals surface area contributed by atoms with Crippen LogP contribution in [0.5, 0.6) is 0 Å². The van der Waals surface area contributed by atoms with E-state index in [1.54, 1.807) is 0 Å². The van der Waals surface area contributed by atoms with Crippen LogP contribution < -0.4 is 5.32 Å². The van der Waals surface area contributed by atoms with Crippen molar-refractivity contribution < 1.29 is 9.53 Å². The number of aryl methyl sites for hydroxylation is 1. The molecule has 2 aromatic rings. The largest absolute Gasteiger partial charge is 0.453 e. The summed E-state index contributed by atoms with van der Waals surface area (Å²) in [6.07, 6.45) is 2.28. The van der Waals surface area contributed by atoms with Crippen molar-refractivity contribution in [3.63, 3.8) is 0 Å². The van der Waals surface area contributed by atoms with E-state index in [0.29, 0.717) is 6.54 Å². The molecule has 0 saturated heterocycles. The van der Waals surface area contributed by atoms with Gasteiger partial charge in [-0.05, 0) is 12.5 Å². The predicted molar refractivity (Wildman–Crippen MR) is 64.8 cm³/mol. The lowest BCUT2D eigenvalue weighted by Crippen LogP contribution is -2.24. The molecule has 17 heavy (non-hydrogen) atoms. The van der Waals surface area contributed by atoms with Crippen LogP contribution in [0.25, 0.3) is 10.9 Å². The fourth-order valence-corrected chi connectivity index (χ4v) is 1.70. The van der Waals surface area contributed by atoms with Crippen LogP contribution in [0.1, 0.15) is 6.42 Å². The molecular weight excluding hydrogens is 218 g/mol. The Bertz CT molecular complexity index is 507. The highest BCUT2D eigenvalue weighted by atomic mass is 16.5. The van der Waals surface area contributed by atoms with E-state index in [-0.39, 0.29) is 0 Å². The molecule has 0 spiro atoms. The molecule has 0 fully saturated rings. The third-order valence-electron chi connectivity index (χ3n) is 2.55. The Labute approximate surface area is 99.4 Å². The van der Waals surface area contributed by atoms with Crippen LogP contribution in [-0.2, 0) is 11.3 Å². The molecule has 1 aromatic heterocycles. The first kappa shape index (κ1) is 11.4. The average Bonchev–Trinajstić information content (AvgIpc) is 2.78. The fraction of sp³-hybridized carbons (Fsp3) is 0.333. The summed E-state index contributed by atoms with van der Waals surface area (Å²) in [5.74, 6) is 0. The van der Waals surface area contributed by atoms with Gasteiger partial charge in [0.25, 0.3) is 0 Å². The molecule has 5 heteroatoms. The second-order valence-electron chi connectivity index (χ2n) is 3.70. The molecule has 0 aliphatic rings. The molecule has 0 atom stereocenters. The average molecular weight is 233 g/mol. The van der Waals surface area contributed by atoms with Crippen molar-refractivity contribution in [3.05, 3.63) is 30.5 Å². The van der Waals surface area contributed by atoms with Gasteiger partial charge >= 0.3 is 6.09 Å². The lowest BCUT2D eigenvalue weighted by molar-refractivity contribution is 0.170. The Morgan fingerprint density at radius 2 is 2.29 bits per heavy atom. The van der Waals surface area contributed by atoms with Crippen molar-refractivity contribution >= 4 is 17.0 Å². The zero-order chi connectivity index (χ0) is 12.1. The summed E-state index contributed by atoms with van der Waals surface area (Å²) in [5, 5.41) is 8.08. The summed E-state index contributed by atoms with van der Waals surface area (Å²) >= 11 is 0. The monoisotopic (exact) mass is 233 g/mol. The molecule has 0 aliphatic heterocycles.